The summed E-state index contributed by atoms with van der Waals surface area (Å²) in [5, 5.41) is 40.4. The van der Waals surface area contributed by atoms with Crippen LogP contribution in [0.15, 0.2) is 23.8 Å². The van der Waals surface area contributed by atoms with Crippen LogP contribution in [-0.2, 0) is 14.3 Å². The lowest BCUT2D eigenvalue weighted by Crippen LogP contribution is -2.31. The molecule has 3 N–H and O–H groups in total. The molecular weight excluding hydrogens is 458 g/mol. The van der Waals surface area contributed by atoms with Crippen molar-refractivity contribution in [1.29, 1.82) is 5.26 Å². The van der Waals surface area contributed by atoms with Gasteiger partial charge in [0.15, 0.2) is 0 Å². The van der Waals surface area contributed by atoms with Crippen LogP contribution in [0.2, 0.25) is 0 Å². The largest absolute Gasteiger partial charge is 0.481 e. The van der Waals surface area contributed by atoms with Crippen LogP contribution in [0.25, 0.3) is 0 Å². The summed E-state index contributed by atoms with van der Waals surface area (Å²) in [7, 11) is 0. The van der Waals surface area contributed by atoms with Gasteiger partial charge in [0.25, 0.3) is 0 Å². The minimum Gasteiger partial charge on any atom is -0.481 e. The number of aliphatic hydroxyl groups is 2. The molecule has 36 heavy (non-hydrogen) atoms. The fourth-order valence-electron chi connectivity index (χ4n) is 6.14. The molecule has 1 fully saturated rings. The van der Waals surface area contributed by atoms with E-state index in [-0.39, 0.29) is 42.9 Å². The van der Waals surface area contributed by atoms with E-state index in [1.807, 2.05) is 13.8 Å². The summed E-state index contributed by atoms with van der Waals surface area (Å²) < 4.78 is 5.82. The monoisotopic (exact) mass is 503 g/mol. The minimum absolute atomic E-state index is 0.0197. The quantitative estimate of drug-likeness (QED) is 0.461. The minimum atomic E-state index is -0.871. The van der Waals surface area contributed by atoms with Crippen molar-refractivity contribution in [1.82, 2.24) is 0 Å². The highest BCUT2D eigenvalue weighted by molar-refractivity contribution is 5.70. The normalized spacial score (nSPS) is 40.1. The van der Waals surface area contributed by atoms with Gasteiger partial charge in [0.05, 0.1) is 24.7 Å². The number of carbonyl (C=O) groups is 2. The van der Waals surface area contributed by atoms with Gasteiger partial charge in [-0.3, -0.25) is 9.59 Å². The molecule has 1 saturated carbocycles. The van der Waals surface area contributed by atoms with Gasteiger partial charge in [-0.25, -0.2) is 0 Å². The van der Waals surface area contributed by atoms with E-state index in [2.05, 4.69) is 19.9 Å². The standard InChI is InChI=1S/C29H45NO6/c1-18-11-19(2)13-21(4)26(32)16-29(35)36-27(24-9-6-8-23(24)15-28(33)34)10-5-7-22(17-30)14-25(31)20(3)12-18/h5,7,10,18-21,23-27,31-32H,6,8-9,11-16H2,1-4H3,(H,33,34)/b10-5+,22-7-/t18-,19+,20+,21+,23+,24-,25+,26+,27?/m1/s1. The van der Waals surface area contributed by atoms with E-state index in [0.717, 1.165) is 38.5 Å². The second kappa shape index (κ2) is 14.5. The molecule has 0 amide bonds. The second-order valence-electron chi connectivity index (χ2n) is 11.5. The van der Waals surface area contributed by atoms with Crippen LogP contribution in [0.1, 0.15) is 85.5 Å². The SMILES string of the molecule is C[C@@H]1C[C@H](C)C[C@H](C)[C@@H](O)CC(=O)OC([C@@H]2CCC[C@H]2CC(=O)O)/C=C/C=C(\C#N)C[C@H](O)[C@@H](C)C1. The predicted octanol–water partition coefficient (Wildman–Crippen LogP) is 5.03. The zero-order valence-electron chi connectivity index (χ0n) is 22.3. The third-order valence-corrected chi connectivity index (χ3v) is 8.06. The van der Waals surface area contributed by atoms with Crippen LogP contribution in [0.5, 0.6) is 0 Å². The summed E-state index contributed by atoms with van der Waals surface area (Å²) in [5.74, 6) is -0.890. The molecule has 1 aliphatic carbocycles. The van der Waals surface area contributed by atoms with Gasteiger partial charge in [-0.1, -0.05) is 40.2 Å². The van der Waals surface area contributed by atoms with Crippen molar-refractivity contribution >= 4 is 11.9 Å². The first-order chi connectivity index (χ1) is 17.0. The number of ether oxygens (including phenoxy) is 1. The number of aliphatic hydroxyl groups excluding tert-OH is 2. The molecule has 2 rings (SSSR count). The summed E-state index contributed by atoms with van der Waals surface area (Å²) >= 11 is 0. The van der Waals surface area contributed by atoms with Gasteiger partial charge < -0.3 is 20.1 Å². The first-order valence-corrected chi connectivity index (χ1v) is 13.5. The summed E-state index contributed by atoms with van der Waals surface area (Å²) in [5.41, 5.74) is 0.440. The van der Waals surface area contributed by atoms with Gasteiger partial charge in [-0.15, -0.1) is 0 Å². The lowest BCUT2D eigenvalue weighted by Gasteiger charge is -2.28. The lowest BCUT2D eigenvalue weighted by molar-refractivity contribution is -0.153. The number of rotatable bonds is 3. The molecule has 1 aliphatic heterocycles. The molecule has 1 heterocycles. The van der Waals surface area contributed by atoms with E-state index in [9.17, 15) is 30.2 Å². The van der Waals surface area contributed by atoms with Crippen molar-refractivity contribution in [2.45, 2.75) is 104 Å². The highest BCUT2D eigenvalue weighted by atomic mass is 16.5. The fourth-order valence-corrected chi connectivity index (χ4v) is 6.14. The van der Waals surface area contributed by atoms with E-state index in [1.54, 1.807) is 18.2 Å². The number of esters is 1. The summed E-state index contributed by atoms with van der Waals surface area (Å²) in [4.78, 5) is 24.2. The van der Waals surface area contributed by atoms with Crippen molar-refractivity contribution in [3.05, 3.63) is 23.8 Å². The fraction of sp³-hybridized carbons (Fsp3) is 0.759. The molecule has 0 bridgehead atoms. The maximum absolute atomic E-state index is 12.8. The topological polar surface area (TPSA) is 128 Å². The average molecular weight is 504 g/mol. The molecule has 0 aromatic heterocycles. The van der Waals surface area contributed by atoms with E-state index >= 15 is 0 Å². The number of aliphatic carboxylic acids is 1. The maximum Gasteiger partial charge on any atom is 0.309 e. The van der Waals surface area contributed by atoms with Crippen LogP contribution >= 0.6 is 0 Å². The Bertz CT molecular complexity index is 830. The Balaban J connectivity index is 2.31. The number of cyclic esters (lactones) is 1. The van der Waals surface area contributed by atoms with Crippen molar-refractivity contribution in [3.8, 4) is 6.07 Å². The summed E-state index contributed by atoms with van der Waals surface area (Å²) in [6.07, 6.45) is 8.08. The third-order valence-electron chi connectivity index (χ3n) is 8.06. The van der Waals surface area contributed by atoms with Crippen molar-refractivity contribution in [2.75, 3.05) is 0 Å². The van der Waals surface area contributed by atoms with Crippen LogP contribution in [0.3, 0.4) is 0 Å². The van der Waals surface area contributed by atoms with Crippen LogP contribution in [0.4, 0.5) is 0 Å². The molecule has 1 unspecified atom stereocenters. The number of carbonyl (C=O) groups excluding carboxylic acids is 1. The molecule has 0 radical (unpaired) electrons. The first kappa shape index (κ1) is 30.1. The smallest absolute Gasteiger partial charge is 0.309 e. The maximum atomic E-state index is 12.8. The highest BCUT2D eigenvalue weighted by Gasteiger charge is 2.36. The van der Waals surface area contributed by atoms with Gasteiger partial charge in [0, 0.05) is 24.3 Å². The predicted molar refractivity (Wildman–Crippen MR) is 138 cm³/mol. The first-order valence-electron chi connectivity index (χ1n) is 13.5. The summed E-state index contributed by atoms with van der Waals surface area (Å²) in [6, 6.07) is 2.16. The van der Waals surface area contributed by atoms with E-state index < -0.39 is 30.3 Å². The zero-order valence-corrected chi connectivity index (χ0v) is 22.3. The molecule has 202 valence electrons. The molecule has 0 spiro atoms. The number of hydrogen-bond acceptors (Lipinski definition) is 6. The zero-order chi connectivity index (χ0) is 26.8. The summed E-state index contributed by atoms with van der Waals surface area (Å²) in [6.45, 7) is 8.29. The van der Waals surface area contributed by atoms with Gasteiger partial charge in [0.2, 0.25) is 0 Å². The molecule has 0 aromatic carbocycles. The van der Waals surface area contributed by atoms with Gasteiger partial charge >= 0.3 is 11.9 Å². The Morgan fingerprint density at radius 2 is 1.64 bits per heavy atom. The van der Waals surface area contributed by atoms with E-state index in [0.29, 0.717) is 17.4 Å². The molecule has 2 aliphatic rings. The Hall–Kier alpha value is -2.17. The van der Waals surface area contributed by atoms with Gasteiger partial charge in [-0.2, -0.15) is 5.26 Å². The number of hydrogen-bond donors (Lipinski definition) is 3. The molecule has 0 aromatic rings. The highest BCUT2D eigenvalue weighted by Crippen LogP contribution is 2.38. The Morgan fingerprint density at radius 3 is 2.22 bits per heavy atom. The molecular formula is C29H45NO6. The molecule has 9 atom stereocenters. The molecule has 0 saturated heterocycles. The van der Waals surface area contributed by atoms with Crippen molar-refractivity contribution in [3.63, 3.8) is 0 Å². The Labute approximate surface area is 216 Å². The number of carboxylic acids is 1. The van der Waals surface area contributed by atoms with Crippen LogP contribution in [0, 0.1) is 46.8 Å². The number of nitriles is 1. The second-order valence-corrected chi connectivity index (χ2v) is 11.5. The van der Waals surface area contributed by atoms with Gasteiger partial charge in [0.1, 0.15) is 6.10 Å². The average Bonchev–Trinajstić information content (AvgIpc) is 3.23. The van der Waals surface area contributed by atoms with Crippen LogP contribution < -0.4 is 0 Å². The van der Waals surface area contributed by atoms with Gasteiger partial charge in [-0.05, 0) is 73.8 Å². The van der Waals surface area contributed by atoms with E-state index in [4.69, 9.17) is 4.74 Å². The van der Waals surface area contributed by atoms with Crippen LogP contribution in [-0.4, -0.2) is 45.6 Å². The van der Waals surface area contributed by atoms with Crippen molar-refractivity contribution < 1.29 is 29.6 Å². The van der Waals surface area contributed by atoms with E-state index in [1.165, 1.54) is 0 Å². The third kappa shape index (κ3) is 9.71. The number of nitrogens with zero attached hydrogens (tertiary/aromatic N) is 1. The lowest BCUT2D eigenvalue weighted by atomic mass is 9.82. The van der Waals surface area contributed by atoms with Crippen molar-refractivity contribution in [2.24, 2.45) is 35.5 Å². The molecule has 7 heteroatoms. The number of allylic oxidation sites excluding steroid dienone is 2. The Morgan fingerprint density at radius 1 is 1.03 bits per heavy atom. The number of carboxylic acid groups (broad SMARTS) is 1. The molecule has 7 nitrogen and oxygen atoms in total. The Kier molecular flexibility index (Phi) is 12.1.